The van der Waals surface area contributed by atoms with E-state index in [4.69, 9.17) is 4.74 Å². The van der Waals surface area contributed by atoms with E-state index in [1.165, 1.54) is 0 Å². The van der Waals surface area contributed by atoms with Gasteiger partial charge in [-0.15, -0.1) is 0 Å². The van der Waals surface area contributed by atoms with Gasteiger partial charge in [0.05, 0.1) is 18.9 Å². The average molecular weight is 375 g/mol. The van der Waals surface area contributed by atoms with Crippen LogP contribution >= 0.6 is 11.8 Å². The van der Waals surface area contributed by atoms with Crippen LogP contribution in [0.25, 0.3) is 0 Å². The second-order valence-electron chi connectivity index (χ2n) is 6.11. The Bertz CT molecular complexity index is 847. The van der Waals surface area contributed by atoms with Crippen molar-refractivity contribution in [1.82, 2.24) is 9.55 Å². The fraction of sp³-hybridized carbons (Fsp3) is 0.389. The zero-order valence-corrected chi connectivity index (χ0v) is 15.3. The molecule has 1 aliphatic rings. The number of anilines is 1. The summed E-state index contributed by atoms with van der Waals surface area (Å²) in [6, 6.07) is 8.28. The van der Waals surface area contributed by atoms with E-state index in [-0.39, 0.29) is 29.1 Å². The second kappa shape index (κ2) is 8.27. The molecule has 0 atom stereocenters. The van der Waals surface area contributed by atoms with E-state index >= 15 is 0 Å². The van der Waals surface area contributed by atoms with Crippen LogP contribution in [0.5, 0.6) is 11.6 Å². The fourth-order valence-corrected chi connectivity index (χ4v) is 3.96. The van der Waals surface area contributed by atoms with Gasteiger partial charge in [0, 0.05) is 17.8 Å². The molecule has 2 N–H and O–H groups in total. The number of carbonyl (C=O) groups excluding carboxylic acids is 1. The lowest BCUT2D eigenvalue weighted by Crippen LogP contribution is -2.26. The molecule has 0 saturated heterocycles. The minimum Gasteiger partial charge on any atom is -0.497 e. The van der Waals surface area contributed by atoms with Crippen LogP contribution in [0.1, 0.15) is 31.7 Å². The Hall–Kier alpha value is -2.48. The molecule has 0 unspecified atom stereocenters. The van der Waals surface area contributed by atoms with Crippen molar-refractivity contribution in [3.63, 3.8) is 0 Å². The summed E-state index contributed by atoms with van der Waals surface area (Å²) in [5.41, 5.74) is 0.354. The number of rotatable bonds is 6. The number of amides is 1. The highest BCUT2D eigenvalue weighted by atomic mass is 32.2. The molecule has 138 valence electrons. The van der Waals surface area contributed by atoms with Gasteiger partial charge >= 0.3 is 0 Å². The van der Waals surface area contributed by atoms with E-state index in [1.54, 1.807) is 35.9 Å². The second-order valence-corrected chi connectivity index (χ2v) is 7.05. The lowest BCUT2D eigenvalue weighted by atomic mass is 10.2. The molecule has 1 fully saturated rings. The van der Waals surface area contributed by atoms with E-state index < -0.39 is 0 Å². The summed E-state index contributed by atoms with van der Waals surface area (Å²) in [6.07, 6.45) is 3.96. The van der Waals surface area contributed by atoms with Gasteiger partial charge in [-0.3, -0.25) is 14.2 Å². The molecule has 1 heterocycles. The monoisotopic (exact) mass is 375 g/mol. The number of hydrogen-bond acceptors (Lipinski definition) is 6. The Morgan fingerprint density at radius 1 is 1.38 bits per heavy atom. The third-order valence-electron chi connectivity index (χ3n) is 4.28. The summed E-state index contributed by atoms with van der Waals surface area (Å²) in [5, 5.41) is 12.8. The third-order valence-corrected chi connectivity index (χ3v) is 5.23. The maximum atomic E-state index is 12.3. The molecule has 26 heavy (non-hydrogen) atoms. The summed E-state index contributed by atoms with van der Waals surface area (Å²) in [4.78, 5) is 28.6. The predicted molar refractivity (Wildman–Crippen MR) is 100 cm³/mol. The lowest BCUT2D eigenvalue weighted by molar-refractivity contribution is -0.113. The third kappa shape index (κ3) is 4.37. The first-order chi connectivity index (χ1) is 12.6. The molecule has 1 aromatic carbocycles. The van der Waals surface area contributed by atoms with Gasteiger partial charge < -0.3 is 15.2 Å². The predicted octanol–water partition coefficient (Wildman–Crippen LogP) is 2.80. The number of carbonyl (C=O) groups is 1. The zero-order chi connectivity index (χ0) is 18.5. The summed E-state index contributed by atoms with van der Waals surface area (Å²) in [5.74, 6) is 0.193. The van der Waals surface area contributed by atoms with Crippen LogP contribution in [-0.4, -0.2) is 33.4 Å². The number of ether oxygens (including phenoxy) is 1. The molecule has 7 nitrogen and oxygen atoms in total. The SMILES string of the molecule is COc1cccc(NC(=O)CSc2nc(O)cc(=O)n2C2CCCC2)c1. The molecular formula is C18H21N3O4S. The highest BCUT2D eigenvalue weighted by Crippen LogP contribution is 2.31. The first kappa shape index (κ1) is 18.3. The smallest absolute Gasteiger partial charge is 0.258 e. The minimum absolute atomic E-state index is 0.0829. The van der Waals surface area contributed by atoms with Crippen molar-refractivity contribution in [2.24, 2.45) is 0 Å². The van der Waals surface area contributed by atoms with Crippen LogP contribution in [-0.2, 0) is 4.79 Å². The van der Waals surface area contributed by atoms with Crippen molar-refractivity contribution in [2.75, 3.05) is 18.2 Å². The van der Waals surface area contributed by atoms with Crippen molar-refractivity contribution < 1.29 is 14.6 Å². The number of nitrogens with zero attached hydrogens (tertiary/aromatic N) is 2. The van der Waals surface area contributed by atoms with Crippen LogP contribution in [0.2, 0.25) is 0 Å². The normalized spacial score (nSPS) is 14.3. The lowest BCUT2D eigenvalue weighted by Gasteiger charge is -2.17. The number of nitrogens with one attached hydrogen (secondary N) is 1. The molecule has 8 heteroatoms. The Balaban J connectivity index is 1.70. The Morgan fingerprint density at radius 3 is 2.88 bits per heavy atom. The zero-order valence-electron chi connectivity index (χ0n) is 14.5. The van der Waals surface area contributed by atoms with Crippen molar-refractivity contribution in [1.29, 1.82) is 0 Å². The van der Waals surface area contributed by atoms with E-state index in [0.717, 1.165) is 43.5 Å². The molecule has 1 aromatic heterocycles. The number of benzene rings is 1. The van der Waals surface area contributed by atoms with Crippen molar-refractivity contribution in [3.8, 4) is 11.6 Å². The quantitative estimate of drug-likeness (QED) is 0.596. The van der Waals surface area contributed by atoms with Gasteiger partial charge in [0.15, 0.2) is 5.16 Å². The van der Waals surface area contributed by atoms with Gasteiger partial charge in [-0.2, -0.15) is 4.98 Å². The van der Waals surface area contributed by atoms with Crippen LogP contribution in [0.3, 0.4) is 0 Å². The standard InChI is InChI=1S/C18H21N3O4S/c1-25-14-8-4-5-12(9-14)19-16(23)11-26-18-20-15(22)10-17(24)21(18)13-6-2-3-7-13/h4-5,8-10,13,22H,2-3,6-7,11H2,1H3,(H,19,23). The van der Waals surface area contributed by atoms with Gasteiger partial charge in [0.2, 0.25) is 11.8 Å². The topological polar surface area (TPSA) is 93.5 Å². The number of aromatic hydroxyl groups is 1. The number of hydrogen-bond donors (Lipinski definition) is 2. The Morgan fingerprint density at radius 2 is 2.15 bits per heavy atom. The molecule has 1 amide bonds. The van der Waals surface area contributed by atoms with Crippen LogP contribution < -0.4 is 15.6 Å². The van der Waals surface area contributed by atoms with Crippen LogP contribution in [0.4, 0.5) is 5.69 Å². The number of methoxy groups -OCH3 is 1. The summed E-state index contributed by atoms with van der Waals surface area (Å²) in [7, 11) is 1.56. The minimum atomic E-state index is -0.319. The molecule has 0 aliphatic heterocycles. The van der Waals surface area contributed by atoms with E-state index in [1.807, 2.05) is 0 Å². The Labute approximate surface area is 155 Å². The van der Waals surface area contributed by atoms with Crippen LogP contribution in [0.15, 0.2) is 40.3 Å². The molecule has 0 bridgehead atoms. The molecule has 0 radical (unpaired) electrons. The maximum Gasteiger partial charge on any atom is 0.258 e. The van der Waals surface area contributed by atoms with Crippen molar-refractivity contribution in [3.05, 3.63) is 40.7 Å². The van der Waals surface area contributed by atoms with E-state index in [2.05, 4.69) is 10.3 Å². The summed E-state index contributed by atoms with van der Waals surface area (Å²) in [6.45, 7) is 0. The average Bonchev–Trinajstić information content (AvgIpc) is 3.13. The molecule has 0 spiro atoms. The largest absolute Gasteiger partial charge is 0.497 e. The number of aromatic nitrogens is 2. The van der Waals surface area contributed by atoms with Gasteiger partial charge in [-0.1, -0.05) is 30.7 Å². The van der Waals surface area contributed by atoms with Gasteiger partial charge in [-0.05, 0) is 25.0 Å². The highest BCUT2D eigenvalue weighted by Gasteiger charge is 2.22. The van der Waals surface area contributed by atoms with E-state index in [0.29, 0.717) is 16.6 Å². The first-order valence-electron chi connectivity index (χ1n) is 8.46. The molecule has 1 saturated carbocycles. The van der Waals surface area contributed by atoms with Gasteiger partial charge in [0.1, 0.15) is 5.75 Å². The first-order valence-corrected chi connectivity index (χ1v) is 9.44. The summed E-state index contributed by atoms with van der Waals surface area (Å²) >= 11 is 1.15. The number of thioether (sulfide) groups is 1. The van der Waals surface area contributed by atoms with Gasteiger partial charge in [0.25, 0.3) is 5.56 Å². The Kier molecular flexibility index (Phi) is 5.82. The maximum absolute atomic E-state index is 12.3. The highest BCUT2D eigenvalue weighted by molar-refractivity contribution is 7.99. The van der Waals surface area contributed by atoms with Gasteiger partial charge in [-0.25, -0.2) is 0 Å². The molecule has 2 aromatic rings. The van der Waals surface area contributed by atoms with Crippen molar-refractivity contribution in [2.45, 2.75) is 36.9 Å². The summed E-state index contributed by atoms with van der Waals surface area (Å²) < 4.78 is 6.74. The van der Waals surface area contributed by atoms with E-state index in [9.17, 15) is 14.7 Å². The molecule has 1 aliphatic carbocycles. The molecular weight excluding hydrogens is 354 g/mol. The van der Waals surface area contributed by atoms with Crippen molar-refractivity contribution >= 4 is 23.4 Å². The molecule has 3 rings (SSSR count). The fourth-order valence-electron chi connectivity index (χ4n) is 3.09. The van der Waals surface area contributed by atoms with Crippen LogP contribution in [0, 0.1) is 0 Å².